The van der Waals surface area contributed by atoms with Gasteiger partial charge in [0.2, 0.25) is 0 Å². The molecule has 3 atom stereocenters. The van der Waals surface area contributed by atoms with Crippen LogP contribution in [0.2, 0.25) is 0 Å². The van der Waals surface area contributed by atoms with E-state index in [1.807, 2.05) is 35.7 Å². The Balaban J connectivity index is 1.16. The van der Waals surface area contributed by atoms with Crippen LogP contribution in [0.4, 0.5) is 11.4 Å². The molecule has 38 heavy (non-hydrogen) atoms. The van der Waals surface area contributed by atoms with Crippen LogP contribution in [-0.4, -0.2) is 68.0 Å². The van der Waals surface area contributed by atoms with Gasteiger partial charge < -0.3 is 24.7 Å². The van der Waals surface area contributed by atoms with Crippen molar-refractivity contribution in [2.75, 3.05) is 56.2 Å². The van der Waals surface area contributed by atoms with Gasteiger partial charge in [0.25, 0.3) is 5.56 Å². The van der Waals surface area contributed by atoms with Crippen molar-refractivity contribution in [3.8, 4) is 0 Å². The number of nitrogens with one attached hydrogen (secondary N) is 2. The maximum atomic E-state index is 12.4. The van der Waals surface area contributed by atoms with Crippen LogP contribution in [0, 0.1) is 0 Å². The fourth-order valence-electron chi connectivity index (χ4n) is 5.46. The molecule has 0 aliphatic carbocycles. The van der Waals surface area contributed by atoms with E-state index < -0.39 is 0 Å². The zero-order valence-corrected chi connectivity index (χ0v) is 23.4. The standard InChI is InChI=1S/C29H34N4O3S2/c1-19(16-32-11-13-35-20(2)17-32)31-21-8-9-25-27(15-21)37-26-7-3-5-22(28(26)38-25)24-18-33(12-14-36-24)23-6-4-10-30-29(23)34/h3-10,15,19-20,24,31H,11-14,16-18H2,1-2H3,(H,30,34)/t19?,20-,24?/m0/s1. The summed E-state index contributed by atoms with van der Waals surface area (Å²) in [6.07, 6.45) is 1.90. The molecule has 2 aromatic carbocycles. The Morgan fingerprint density at radius 2 is 1.92 bits per heavy atom. The third-order valence-electron chi connectivity index (χ3n) is 7.21. The first-order chi connectivity index (χ1) is 18.5. The predicted octanol–water partition coefficient (Wildman–Crippen LogP) is 5.09. The van der Waals surface area contributed by atoms with Crippen LogP contribution in [0.5, 0.6) is 0 Å². The third kappa shape index (κ3) is 5.62. The predicted molar refractivity (Wildman–Crippen MR) is 154 cm³/mol. The molecule has 3 aliphatic heterocycles. The number of ether oxygens (including phenoxy) is 2. The first kappa shape index (κ1) is 25.8. The van der Waals surface area contributed by atoms with Crippen molar-refractivity contribution in [3.63, 3.8) is 0 Å². The van der Waals surface area contributed by atoms with Gasteiger partial charge >= 0.3 is 0 Å². The molecule has 1 aromatic heterocycles. The Kier molecular flexibility index (Phi) is 7.72. The summed E-state index contributed by atoms with van der Waals surface area (Å²) in [5, 5.41) is 3.71. The second-order valence-corrected chi connectivity index (χ2v) is 12.4. The summed E-state index contributed by atoms with van der Waals surface area (Å²) in [5.41, 5.74) is 3.00. The molecule has 2 N–H and O–H groups in total. The molecular weight excluding hydrogens is 516 g/mol. The number of pyridine rings is 1. The van der Waals surface area contributed by atoms with Gasteiger partial charge in [0, 0.05) is 70.2 Å². The zero-order chi connectivity index (χ0) is 26.1. The highest BCUT2D eigenvalue weighted by Crippen LogP contribution is 2.51. The van der Waals surface area contributed by atoms with Crippen LogP contribution in [0.15, 0.2) is 79.1 Å². The summed E-state index contributed by atoms with van der Waals surface area (Å²) in [7, 11) is 0. The molecule has 0 amide bonds. The van der Waals surface area contributed by atoms with Crippen molar-refractivity contribution in [2.45, 2.75) is 51.7 Å². The van der Waals surface area contributed by atoms with Gasteiger partial charge in [-0.05, 0) is 55.8 Å². The molecular formula is C29H34N4O3S2. The molecule has 9 heteroatoms. The molecule has 3 aliphatic rings. The van der Waals surface area contributed by atoms with Gasteiger partial charge in [-0.25, -0.2) is 0 Å². The van der Waals surface area contributed by atoms with Crippen molar-refractivity contribution < 1.29 is 9.47 Å². The Bertz CT molecular complexity index is 1350. The van der Waals surface area contributed by atoms with E-state index in [0.717, 1.165) is 31.9 Å². The average Bonchev–Trinajstić information content (AvgIpc) is 2.92. The lowest BCUT2D eigenvalue weighted by Gasteiger charge is -2.35. The van der Waals surface area contributed by atoms with E-state index in [1.54, 1.807) is 6.20 Å². The number of anilines is 2. The van der Waals surface area contributed by atoms with Crippen molar-refractivity contribution in [1.82, 2.24) is 9.88 Å². The molecule has 4 heterocycles. The number of fused-ring (bicyclic) bond motifs is 2. The van der Waals surface area contributed by atoms with Gasteiger partial charge in [0.15, 0.2) is 0 Å². The molecule has 0 spiro atoms. The lowest BCUT2D eigenvalue weighted by molar-refractivity contribution is -0.0188. The van der Waals surface area contributed by atoms with E-state index in [9.17, 15) is 4.79 Å². The summed E-state index contributed by atoms with van der Waals surface area (Å²) >= 11 is 3.65. The summed E-state index contributed by atoms with van der Waals surface area (Å²) < 4.78 is 11.9. The SMILES string of the molecule is CC(CN1CCO[C@@H](C)C1)Nc1ccc2c(c1)Sc1cccc(C3CN(c4ccc[nH]c4=O)CCO3)c1S2. The van der Waals surface area contributed by atoms with E-state index in [2.05, 4.69) is 70.3 Å². The second kappa shape index (κ2) is 11.4. The third-order valence-corrected chi connectivity index (χ3v) is 9.82. The van der Waals surface area contributed by atoms with E-state index in [4.69, 9.17) is 9.47 Å². The van der Waals surface area contributed by atoms with E-state index in [0.29, 0.717) is 37.5 Å². The highest BCUT2D eigenvalue weighted by molar-refractivity contribution is 8.05. The minimum Gasteiger partial charge on any atom is -0.381 e. The Hall–Kier alpha value is -2.43. The van der Waals surface area contributed by atoms with Gasteiger partial charge in [0.1, 0.15) is 11.8 Å². The fraction of sp³-hybridized carbons (Fsp3) is 0.414. The number of hydrogen-bond acceptors (Lipinski definition) is 8. The van der Waals surface area contributed by atoms with Gasteiger partial charge in [-0.2, -0.15) is 0 Å². The second-order valence-electron chi connectivity index (χ2n) is 10.2. The maximum Gasteiger partial charge on any atom is 0.271 e. The number of nitrogens with zero attached hydrogens (tertiary/aromatic N) is 2. The summed E-state index contributed by atoms with van der Waals surface area (Å²) in [5.74, 6) is 0. The molecule has 0 radical (unpaired) electrons. The van der Waals surface area contributed by atoms with Crippen LogP contribution in [0.3, 0.4) is 0 Å². The number of aromatic amines is 1. The zero-order valence-electron chi connectivity index (χ0n) is 21.8. The van der Waals surface area contributed by atoms with Crippen molar-refractivity contribution >= 4 is 34.9 Å². The molecule has 7 nitrogen and oxygen atoms in total. The average molecular weight is 551 g/mol. The lowest BCUT2D eigenvalue weighted by Crippen LogP contribution is -2.45. The van der Waals surface area contributed by atoms with Gasteiger partial charge in [-0.15, -0.1) is 0 Å². The molecule has 0 bridgehead atoms. The molecule has 3 aromatic rings. The Morgan fingerprint density at radius 3 is 2.79 bits per heavy atom. The van der Waals surface area contributed by atoms with Gasteiger partial charge in [-0.1, -0.05) is 35.7 Å². The quantitative estimate of drug-likeness (QED) is 0.344. The number of H-pyrrole nitrogens is 1. The monoisotopic (exact) mass is 550 g/mol. The summed E-state index contributed by atoms with van der Waals surface area (Å²) in [6.45, 7) is 10.2. The number of hydrogen-bond donors (Lipinski definition) is 2. The minimum absolute atomic E-state index is 0.0552. The van der Waals surface area contributed by atoms with Crippen molar-refractivity contribution in [2.24, 2.45) is 0 Å². The molecule has 2 unspecified atom stereocenters. The molecule has 2 saturated heterocycles. The maximum absolute atomic E-state index is 12.4. The van der Waals surface area contributed by atoms with E-state index in [1.165, 1.54) is 25.1 Å². The summed E-state index contributed by atoms with van der Waals surface area (Å²) in [6, 6.07) is 17.3. The summed E-state index contributed by atoms with van der Waals surface area (Å²) in [4.78, 5) is 24.8. The fourth-order valence-corrected chi connectivity index (χ4v) is 7.91. The van der Waals surface area contributed by atoms with Crippen LogP contribution in [0.1, 0.15) is 25.5 Å². The first-order valence-corrected chi connectivity index (χ1v) is 14.9. The van der Waals surface area contributed by atoms with E-state index >= 15 is 0 Å². The van der Waals surface area contributed by atoms with Crippen LogP contribution in [-0.2, 0) is 9.47 Å². The highest BCUT2D eigenvalue weighted by atomic mass is 32.2. The Morgan fingerprint density at radius 1 is 1.03 bits per heavy atom. The number of aromatic nitrogens is 1. The molecule has 0 saturated carbocycles. The molecule has 200 valence electrons. The number of rotatable bonds is 6. The lowest BCUT2D eigenvalue weighted by atomic mass is 10.1. The van der Waals surface area contributed by atoms with E-state index in [-0.39, 0.29) is 11.7 Å². The van der Waals surface area contributed by atoms with Crippen molar-refractivity contribution in [1.29, 1.82) is 0 Å². The van der Waals surface area contributed by atoms with Gasteiger partial charge in [0.05, 0.1) is 19.3 Å². The number of morpholine rings is 2. The highest BCUT2D eigenvalue weighted by Gasteiger charge is 2.29. The van der Waals surface area contributed by atoms with Crippen LogP contribution in [0.25, 0.3) is 0 Å². The smallest absolute Gasteiger partial charge is 0.271 e. The largest absolute Gasteiger partial charge is 0.381 e. The topological polar surface area (TPSA) is 69.8 Å². The normalized spacial score (nSPS) is 22.4. The number of benzene rings is 2. The van der Waals surface area contributed by atoms with Crippen LogP contribution >= 0.6 is 23.5 Å². The molecule has 2 fully saturated rings. The minimum atomic E-state index is -0.0855. The Labute approximate surface area is 232 Å². The molecule has 6 rings (SSSR count). The van der Waals surface area contributed by atoms with Crippen LogP contribution < -0.4 is 15.8 Å². The van der Waals surface area contributed by atoms with Crippen molar-refractivity contribution in [3.05, 3.63) is 70.6 Å². The van der Waals surface area contributed by atoms with Gasteiger partial charge in [-0.3, -0.25) is 9.69 Å². The first-order valence-electron chi connectivity index (χ1n) is 13.3.